The van der Waals surface area contributed by atoms with Crippen LogP contribution in [0.2, 0.25) is 0 Å². The summed E-state index contributed by atoms with van der Waals surface area (Å²) in [5.41, 5.74) is 3.34. The van der Waals surface area contributed by atoms with Crippen LogP contribution in [-0.2, 0) is 6.54 Å². The van der Waals surface area contributed by atoms with Gasteiger partial charge in [0, 0.05) is 24.2 Å². The van der Waals surface area contributed by atoms with Crippen molar-refractivity contribution in [1.82, 2.24) is 15.5 Å². The first-order valence-electron chi connectivity index (χ1n) is 8.83. The fourth-order valence-corrected chi connectivity index (χ4v) is 2.56. The zero-order valence-corrected chi connectivity index (χ0v) is 15.7. The number of rotatable bonds is 8. The molecule has 2 aromatic carbocycles. The third-order valence-electron chi connectivity index (χ3n) is 4.18. The lowest BCUT2D eigenvalue weighted by atomic mass is 10.1. The monoisotopic (exact) mass is 353 g/mol. The highest BCUT2D eigenvalue weighted by Gasteiger charge is 2.09. The van der Waals surface area contributed by atoms with Gasteiger partial charge in [-0.1, -0.05) is 24.3 Å². The molecule has 0 aromatic heterocycles. The number of amides is 2. The second-order valence-corrected chi connectivity index (χ2v) is 6.60. The van der Waals surface area contributed by atoms with E-state index in [1.165, 1.54) is 0 Å². The summed E-state index contributed by atoms with van der Waals surface area (Å²) in [6.07, 6.45) is 0.901. The Kier molecular flexibility index (Phi) is 7.36. The van der Waals surface area contributed by atoms with Gasteiger partial charge in [0.15, 0.2) is 0 Å². The van der Waals surface area contributed by atoms with Crippen molar-refractivity contribution in [2.75, 3.05) is 27.2 Å². The number of hydrogen-bond acceptors (Lipinski definition) is 3. The van der Waals surface area contributed by atoms with Crippen molar-refractivity contribution >= 4 is 11.8 Å². The smallest absolute Gasteiger partial charge is 0.251 e. The molecule has 0 fully saturated rings. The lowest BCUT2D eigenvalue weighted by Gasteiger charge is -2.10. The van der Waals surface area contributed by atoms with E-state index in [1.807, 2.05) is 45.3 Å². The summed E-state index contributed by atoms with van der Waals surface area (Å²) in [4.78, 5) is 26.4. The Morgan fingerprint density at radius 3 is 2.04 bits per heavy atom. The highest BCUT2D eigenvalue weighted by molar-refractivity contribution is 5.97. The molecule has 2 aromatic rings. The highest BCUT2D eigenvalue weighted by atomic mass is 16.2. The van der Waals surface area contributed by atoms with Crippen molar-refractivity contribution in [3.05, 3.63) is 70.8 Å². The van der Waals surface area contributed by atoms with Crippen LogP contribution in [0.3, 0.4) is 0 Å². The molecule has 0 aliphatic rings. The zero-order chi connectivity index (χ0) is 18.9. The van der Waals surface area contributed by atoms with E-state index in [0.29, 0.717) is 24.2 Å². The summed E-state index contributed by atoms with van der Waals surface area (Å²) >= 11 is 0. The molecule has 5 nitrogen and oxygen atoms in total. The maximum absolute atomic E-state index is 12.3. The summed E-state index contributed by atoms with van der Waals surface area (Å²) in [7, 11) is 4.01. The zero-order valence-electron chi connectivity index (χ0n) is 15.7. The molecule has 0 aliphatic carbocycles. The second kappa shape index (κ2) is 9.73. The number of benzene rings is 2. The largest absolute Gasteiger partial charge is 0.352 e. The average molecular weight is 353 g/mol. The molecule has 0 atom stereocenters. The Bertz CT molecular complexity index is 739. The normalized spacial score (nSPS) is 10.6. The molecule has 0 spiro atoms. The van der Waals surface area contributed by atoms with E-state index in [4.69, 9.17) is 0 Å². The summed E-state index contributed by atoms with van der Waals surface area (Å²) in [5.74, 6) is -0.262. The third kappa shape index (κ3) is 6.01. The molecule has 2 amide bonds. The van der Waals surface area contributed by atoms with Gasteiger partial charge in [-0.25, -0.2) is 0 Å². The van der Waals surface area contributed by atoms with Gasteiger partial charge in [0.1, 0.15) is 0 Å². The summed E-state index contributed by atoms with van der Waals surface area (Å²) in [5, 5.41) is 5.80. The predicted molar refractivity (Wildman–Crippen MR) is 104 cm³/mol. The van der Waals surface area contributed by atoms with Crippen molar-refractivity contribution in [3.63, 3.8) is 0 Å². The Morgan fingerprint density at radius 2 is 1.46 bits per heavy atom. The van der Waals surface area contributed by atoms with E-state index in [-0.39, 0.29) is 11.8 Å². The topological polar surface area (TPSA) is 61.4 Å². The van der Waals surface area contributed by atoms with Crippen LogP contribution in [0.25, 0.3) is 0 Å². The fraction of sp³-hybridized carbons (Fsp3) is 0.333. The number of carbonyl (C=O) groups excluding carboxylic acids is 2. The van der Waals surface area contributed by atoms with Gasteiger partial charge in [-0.3, -0.25) is 9.59 Å². The Morgan fingerprint density at radius 1 is 0.885 bits per heavy atom. The van der Waals surface area contributed by atoms with Gasteiger partial charge in [-0.2, -0.15) is 0 Å². The summed E-state index contributed by atoms with van der Waals surface area (Å²) < 4.78 is 0. The molecular formula is C21H27N3O2. The van der Waals surface area contributed by atoms with Crippen LogP contribution in [0, 0.1) is 6.92 Å². The number of nitrogens with zero attached hydrogens (tertiary/aromatic N) is 1. The summed E-state index contributed by atoms with van der Waals surface area (Å²) in [6, 6.07) is 14.7. The maximum Gasteiger partial charge on any atom is 0.251 e. The number of carbonyl (C=O) groups is 2. The average Bonchev–Trinajstić information content (AvgIpc) is 2.64. The lowest BCUT2D eigenvalue weighted by Crippen LogP contribution is -2.27. The van der Waals surface area contributed by atoms with Crippen molar-refractivity contribution in [2.24, 2.45) is 0 Å². The lowest BCUT2D eigenvalue weighted by molar-refractivity contribution is 0.0939. The first-order chi connectivity index (χ1) is 12.5. The fourth-order valence-electron chi connectivity index (χ4n) is 2.56. The van der Waals surface area contributed by atoms with Crippen LogP contribution in [0.5, 0.6) is 0 Å². The predicted octanol–water partition coefficient (Wildman–Crippen LogP) is 2.61. The number of nitrogens with one attached hydrogen (secondary N) is 2. The van der Waals surface area contributed by atoms with E-state index < -0.39 is 0 Å². The Balaban J connectivity index is 1.85. The summed E-state index contributed by atoms with van der Waals surface area (Å²) in [6.45, 7) is 4.07. The Labute approximate surface area is 155 Å². The van der Waals surface area contributed by atoms with Gasteiger partial charge in [0.2, 0.25) is 0 Å². The minimum Gasteiger partial charge on any atom is -0.352 e. The van der Waals surface area contributed by atoms with E-state index in [2.05, 4.69) is 15.5 Å². The molecular weight excluding hydrogens is 326 g/mol. The van der Waals surface area contributed by atoms with Crippen LogP contribution < -0.4 is 10.6 Å². The minimum atomic E-state index is -0.147. The van der Waals surface area contributed by atoms with Gasteiger partial charge < -0.3 is 15.5 Å². The third-order valence-corrected chi connectivity index (χ3v) is 4.18. The Hall–Kier alpha value is -2.66. The molecule has 0 radical (unpaired) electrons. The first-order valence-corrected chi connectivity index (χ1v) is 8.83. The van der Waals surface area contributed by atoms with Gasteiger partial charge in [0.25, 0.3) is 11.8 Å². The molecule has 2 rings (SSSR count). The quantitative estimate of drug-likeness (QED) is 0.717. The standard InChI is InChI=1S/C21H27N3O2/c1-16-7-4-5-8-19(16)15-23-21(26)18-11-9-17(10-12-18)20(25)22-13-6-14-24(2)3/h4-5,7-12H,6,13-15H2,1-3H3,(H,22,25)(H,23,26). The molecule has 2 N–H and O–H groups in total. The first kappa shape index (κ1) is 19.7. The molecule has 0 saturated heterocycles. The van der Waals surface area contributed by atoms with Gasteiger partial charge in [-0.05, 0) is 69.4 Å². The molecule has 0 unspecified atom stereocenters. The molecule has 0 saturated carbocycles. The molecule has 0 bridgehead atoms. The molecule has 138 valence electrons. The van der Waals surface area contributed by atoms with Crippen molar-refractivity contribution in [3.8, 4) is 0 Å². The van der Waals surface area contributed by atoms with Crippen LogP contribution in [0.1, 0.15) is 38.3 Å². The van der Waals surface area contributed by atoms with E-state index in [0.717, 1.165) is 24.1 Å². The molecule has 26 heavy (non-hydrogen) atoms. The van der Waals surface area contributed by atoms with E-state index in [9.17, 15) is 9.59 Å². The van der Waals surface area contributed by atoms with Crippen molar-refractivity contribution in [1.29, 1.82) is 0 Å². The molecule has 0 heterocycles. The van der Waals surface area contributed by atoms with Gasteiger partial charge in [-0.15, -0.1) is 0 Å². The number of aryl methyl sites for hydroxylation is 1. The SMILES string of the molecule is Cc1ccccc1CNC(=O)c1ccc(C(=O)NCCCN(C)C)cc1. The van der Waals surface area contributed by atoms with E-state index >= 15 is 0 Å². The van der Waals surface area contributed by atoms with E-state index in [1.54, 1.807) is 24.3 Å². The number of hydrogen-bond donors (Lipinski definition) is 2. The minimum absolute atomic E-state index is 0.115. The van der Waals surface area contributed by atoms with Crippen LogP contribution in [0.4, 0.5) is 0 Å². The maximum atomic E-state index is 12.3. The van der Waals surface area contributed by atoms with Gasteiger partial charge in [0.05, 0.1) is 0 Å². The second-order valence-electron chi connectivity index (χ2n) is 6.60. The van der Waals surface area contributed by atoms with Crippen molar-refractivity contribution < 1.29 is 9.59 Å². The van der Waals surface area contributed by atoms with Crippen LogP contribution in [0.15, 0.2) is 48.5 Å². The van der Waals surface area contributed by atoms with Crippen LogP contribution >= 0.6 is 0 Å². The molecule has 5 heteroatoms. The molecule has 0 aliphatic heterocycles. The van der Waals surface area contributed by atoms with Crippen LogP contribution in [-0.4, -0.2) is 43.9 Å². The van der Waals surface area contributed by atoms with Crippen molar-refractivity contribution in [2.45, 2.75) is 19.9 Å². The highest BCUT2D eigenvalue weighted by Crippen LogP contribution is 2.08. The van der Waals surface area contributed by atoms with Gasteiger partial charge >= 0.3 is 0 Å².